The number of Topliss-reactive ketones (excluding diaryl/α,β-unsaturated/α-hetero) is 1. The first-order valence-electron chi connectivity index (χ1n) is 6.25. The molecule has 0 amide bonds. The van der Waals surface area contributed by atoms with E-state index in [1.165, 1.54) is 0 Å². The molecule has 100 valence electrons. The first-order chi connectivity index (χ1) is 8.45. The van der Waals surface area contributed by atoms with Gasteiger partial charge in [0.2, 0.25) is 0 Å². The van der Waals surface area contributed by atoms with Crippen LogP contribution in [0.5, 0.6) is 5.75 Å². The van der Waals surface area contributed by atoms with Gasteiger partial charge in [0.1, 0.15) is 5.75 Å². The predicted molar refractivity (Wildman–Crippen MR) is 78.8 cm³/mol. The molecule has 1 aromatic carbocycles. The molecule has 0 N–H and O–H groups in total. The zero-order valence-electron chi connectivity index (χ0n) is 11.8. The lowest BCUT2D eigenvalue weighted by molar-refractivity contribution is 0.101. The monoisotopic (exact) mass is 266 g/mol. The zero-order valence-corrected chi connectivity index (χ0v) is 12.6. The van der Waals surface area contributed by atoms with E-state index in [0.29, 0.717) is 28.2 Å². The maximum Gasteiger partial charge on any atom is 0.176 e. The van der Waals surface area contributed by atoms with Crippen molar-refractivity contribution in [3.05, 3.63) is 29.3 Å². The standard InChI is InChI=1S/C15H22O2S/c1-10(2)12(4)18-9-14(16)13-7-6-11(3)8-15(13)17-5/h6-8,10,12H,9H2,1-5H3. The van der Waals surface area contributed by atoms with Gasteiger partial charge in [0.15, 0.2) is 5.78 Å². The second-order valence-electron chi connectivity index (χ2n) is 4.89. The van der Waals surface area contributed by atoms with E-state index in [9.17, 15) is 4.79 Å². The van der Waals surface area contributed by atoms with Crippen LogP contribution >= 0.6 is 11.8 Å². The van der Waals surface area contributed by atoms with Gasteiger partial charge in [-0.05, 0) is 30.5 Å². The number of benzene rings is 1. The molecule has 0 aliphatic rings. The molecule has 0 heterocycles. The van der Waals surface area contributed by atoms with Crippen LogP contribution < -0.4 is 4.74 Å². The van der Waals surface area contributed by atoms with Gasteiger partial charge in [0, 0.05) is 5.25 Å². The Kier molecular flexibility index (Phi) is 5.73. The Morgan fingerprint density at radius 1 is 1.33 bits per heavy atom. The lowest BCUT2D eigenvalue weighted by Crippen LogP contribution is -2.12. The molecule has 0 bridgehead atoms. The van der Waals surface area contributed by atoms with Crippen molar-refractivity contribution < 1.29 is 9.53 Å². The molecule has 1 aromatic rings. The average molecular weight is 266 g/mol. The van der Waals surface area contributed by atoms with Crippen molar-refractivity contribution in [3.63, 3.8) is 0 Å². The van der Waals surface area contributed by atoms with Crippen molar-refractivity contribution in [3.8, 4) is 5.75 Å². The number of thioether (sulfide) groups is 1. The highest BCUT2D eigenvalue weighted by molar-refractivity contribution is 8.00. The molecule has 1 rings (SSSR count). The van der Waals surface area contributed by atoms with E-state index >= 15 is 0 Å². The summed E-state index contributed by atoms with van der Waals surface area (Å²) < 4.78 is 5.27. The number of hydrogen-bond donors (Lipinski definition) is 0. The molecule has 0 aliphatic heterocycles. The fourth-order valence-electron chi connectivity index (χ4n) is 1.51. The first-order valence-corrected chi connectivity index (χ1v) is 7.30. The Bertz CT molecular complexity index is 413. The third kappa shape index (κ3) is 4.05. The Morgan fingerprint density at radius 3 is 2.56 bits per heavy atom. The molecule has 0 spiro atoms. The second-order valence-corrected chi connectivity index (χ2v) is 6.25. The van der Waals surface area contributed by atoms with Crippen LogP contribution in [0.25, 0.3) is 0 Å². The number of rotatable bonds is 6. The Morgan fingerprint density at radius 2 is 2.00 bits per heavy atom. The summed E-state index contributed by atoms with van der Waals surface area (Å²) in [5.41, 5.74) is 1.79. The van der Waals surface area contributed by atoms with E-state index < -0.39 is 0 Å². The lowest BCUT2D eigenvalue weighted by atomic mass is 10.1. The lowest BCUT2D eigenvalue weighted by Gasteiger charge is -2.15. The van der Waals surface area contributed by atoms with E-state index in [4.69, 9.17) is 4.74 Å². The quantitative estimate of drug-likeness (QED) is 0.729. The number of methoxy groups -OCH3 is 1. The number of ketones is 1. The maximum absolute atomic E-state index is 12.2. The third-order valence-corrected chi connectivity index (χ3v) is 4.57. The van der Waals surface area contributed by atoms with Gasteiger partial charge < -0.3 is 4.74 Å². The summed E-state index contributed by atoms with van der Waals surface area (Å²) in [6.45, 7) is 8.50. The molecule has 18 heavy (non-hydrogen) atoms. The summed E-state index contributed by atoms with van der Waals surface area (Å²) in [7, 11) is 1.61. The van der Waals surface area contributed by atoms with Crippen LogP contribution in [0.4, 0.5) is 0 Å². The van der Waals surface area contributed by atoms with Crippen molar-refractivity contribution >= 4 is 17.5 Å². The third-order valence-electron chi connectivity index (χ3n) is 3.07. The topological polar surface area (TPSA) is 26.3 Å². The molecule has 1 unspecified atom stereocenters. The van der Waals surface area contributed by atoms with Gasteiger partial charge in [0.25, 0.3) is 0 Å². The van der Waals surface area contributed by atoms with Crippen molar-refractivity contribution in [1.29, 1.82) is 0 Å². The molecule has 3 heteroatoms. The first kappa shape index (κ1) is 15.1. The highest BCUT2D eigenvalue weighted by Gasteiger charge is 2.15. The van der Waals surface area contributed by atoms with Crippen LogP contribution in [0.1, 0.15) is 36.7 Å². The molecule has 2 nitrogen and oxygen atoms in total. The molecule has 0 saturated heterocycles. The van der Waals surface area contributed by atoms with Crippen LogP contribution in [0.15, 0.2) is 18.2 Å². The van der Waals surface area contributed by atoms with E-state index in [2.05, 4.69) is 20.8 Å². The number of carbonyl (C=O) groups is 1. The molecule has 0 aromatic heterocycles. The van der Waals surface area contributed by atoms with E-state index in [-0.39, 0.29) is 5.78 Å². The Hall–Kier alpha value is -0.960. The maximum atomic E-state index is 12.2. The number of aryl methyl sites for hydroxylation is 1. The Balaban J connectivity index is 2.72. The van der Waals surface area contributed by atoms with E-state index in [0.717, 1.165) is 5.56 Å². The summed E-state index contributed by atoms with van der Waals surface area (Å²) in [4.78, 5) is 12.2. The van der Waals surface area contributed by atoms with Gasteiger partial charge in [-0.15, -0.1) is 0 Å². The van der Waals surface area contributed by atoms with Crippen LogP contribution in [0, 0.1) is 12.8 Å². The van der Waals surface area contributed by atoms with Gasteiger partial charge in [-0.3, -0.25) is 4.79 Å². The van der Waals surface area contributed by atoms with Gasteiger partial charge in [-0.1, -0.05) is 26.8 Å². The minimum absolute atomic E-state index is 0.143. The summed E-state index contributed by atoms with van der Waals surface area (Å²) in [6.07, 6.45) is 0. The summed E-state index contributed by atoms with van der Waals surface area (Å²) in [5.74, 6) is 1.92. The molecule has 0 fully saturated rings. The fraction of sp³-hybridized carbons (Fsp3) is 0.533. The number of ether oxygens (including phenoxy) is 1. The summed E-state index contributed by atoms with van der Waals surface area (Å²) in [6, 6.07) is 5.72. The minimum Gasteiger partial charge on any atom is -0.496 e. The number of hydrogen-bond acceptors (Lipinski definition) is 3. The van der Waals surface area contributed by atoms with Gasteiger partial charge in [-0.2, -0.15) is 11.8 Å². The average Bonchev–Trinajstić information content (AvgIpc) is 2.34. The summed E-state index contributed by atoms with van der Waals surface area (Å²) in [5, 5.41) is 0.491. The SMILES string of the molecule is COc1cc(C)ccc1C(=O)CSC(C)C(C)C. The van der Waals surface area contributed by atoms with Crippen molar-refractivity contribution in [2.45, 2.75) is 32.9 Å². The smallest absolute Gasteiger partial charge is 0.176 e. The van der Waals surface area contributed by atoms with Crippen molar-refractivity contribution in [2.24, 2.45) is 5.92 Å². The Labute approximate surface area is 114 Å². The molecule has 0 radical (unpaired) electrons. The molecular formula is C15H22O2S. The normalized spacial score (nSPS) is 12.6. The number of carbonyl (C=O) groups excluding carboxylic acids is 1. The van der Waals surface area contributed by atoms with Gasteiger partial charge in [-0.25, -0.2) is 0 Å². The largest absolute Gasteiger partial charge is 0.496 e. The highest BCUT2D eigenvalue weighted by atomic mass is 32.2. The van der Waals surface area contributed by atoms with Crippen molar-refractivity contribution in [1.82, 2.24) is 0 Å². The van der Waals surface area contributed by atoms with Crippen LogP contribution in [0.2, 0.25) is 0 Å². The highest BCUT2D eigenvalue weighted by Crippen LogP contribution is 2.24. The molecule has 0 aliphatic carbocycles. The minimum atomic E-state index is 0.143. The second kappa shape index (κ2) is 6.83. The van der Waals surface area contributed by atoms with E-state index in [1.807, 2.05) is 25.1 Å². The van der Waals surface area contributed by atoms with E-state index in [1.54, 1.807) is 18.9 Å². The van der Waals surface area contributed by atoms with Crippen molar-refractivity contribution in [2.75, 3.05) is 12.9 Å². The van der Waals surface area contributed by atoms with Crippen LogP contribution in [-0.4, -0.2) is 23.9 Å². The fourth-order valence-corrected chi connectivity index (χ4v) is 2.46. The zero-order chi connectivity index (χ0) is 13.7. The predicted octanol–water partition coefficient (Wildman–Crippen LogP) is 3.96. The molecular weight excluding hydrogens is 244 g/mol. The summed E-state index contributed by atoms with van der Waals surface area (Å²) >= 11 is 1.71. The molecule has 0 saturated carbocycles. The molecule has 1 atom stereocenters. The van der Waals surface area contributed by atoms with Gasteiger partial charge >= 0.3 is 0 Å². The van der Waals surface area contributed by atoms with Crippen LogP contribution in [0.3, 0.4) is 0 Å². The van der Waals surface area contributed by atoms with Gasteiger partial charge in [0.05, 0.1) is 18.4 Å². The van der Waals surface area contributed by atoms with Crippen LogP contribution in [-0.2, 0) is 0 Å².